The number of anilines is 1. The first-order chi connectivity index (χ1) is 14.2. The molecule has 0 fully saturated rings. The lowest BCUT2D eigenvalue weighted by atomic mass is 10.1. The molecular formula is C20H16FN3O5S. The van der Waals surface area contributed by atoms with Crippen molar-refractivity contribution in [2.24, 2.45) is 5.73 Å². The molecule has 0 aliphatic carbocycles. The van der Waals surface area contributed by atoms with E-state index < -0.39 is 21.8 Å². The van der Waals surface area contributed by atoms with Crippen molar-refractivity contribution in [3.8, 4) is 11.5 Å². The van der Waals surface area contributed by atoms with E-state index in [1.807, 2.05) is 0 Å². The Morgan fingerprint density at radius 1 is 1.07 bits per heavy atom. The number of nitrogen functional groups attached to an aromatic ring is 1. The molecule has 0 saturated heterocycles. The Hall–Kier alpha value is -3.92. The Morgan fingerprint density at radius 3 is 2.40 bits per heavy atom. The van der Waals surface area contributed by atoms with Crippen LogP contribution in [0.15, 0.2) is 71.6 Å². The zero-order valence-corrected chi connectivity index (χ0v) is 16.1. The van der Waals surface area contributed by atoms with Gasteiger partial charge in [-0.2, -0.15) is 0 Å². The summed E-state index contributed by atoms with van der Waals surface area (Å²) in [5.74, 6) is -1.88. The van der Waals surface area contributed by atoms with Gasteiger partial charge in [0.05, 0.1) is 4.90 Å². The number of hydrogen-bond donors (Lipinski definition) is 4. The van der Waals surface area contributed by atoms with Crippen LogP contribution in [0.25, 0.3) is 0 Å². The van der Waals surface area contributed by atoms with Gasteiger partial charge in [0.2, 0.25) is 0 Å². The van der Waals surface area contributed by atoms with Crippen molar-refractivity contribution in [1.29, 1.82) is 5.41 Å². The van der Waals surface area contributed by atoms with Crippen LogP contribution in [0.4, 0.5) is 10.1 Å². The van der Waals surface area contributed by atoms with Crippen LogP contribution < -0.4 is 15.2 Å². The lowest BCUT2D eigenvalue weighted by Gasteiger charge is -2.13. The zero-order valence-electron chi connectivity index (χ0n) is 15.3. The van der Waals surface area contributed by atoms with Gasteiger partial charge in [-0.3, -0.25) is 10.1 Å². The highest BCUT2D eigenvalue weighted by molar-refractivity contribution is 7.92. The normalized spacial score (nSPS) is 11.0. The lowest BCUT2D eigenvalue weighted by Crippen LogP contribution is -2.13. The number of halogens is 1. The van der Waals surface area contributed by atoms with Crippen LogP contribution in [0.5, 0.6) is 11.5 Å². The second-order valence-electron chi connectivity index (χ2n) is 6.12. The Morgan fingerprint density at radius 2 is 1.77 bits per heavy atom. The van der Waals surface area contributed by atoms with Crippen LogP contribution in [-0.2, 0) is 10.0 Å². The van der Waals surface area contributed by atoms with E-state index in [4.69, 9.17) is 15.9 Å². The number of rotatable bonds is 7. The number of ether oxygens (including phenoxy) is 1. The van der Waals surface area contributed by atoms with Crippen LogP contribution in [0.3, 0.4) is 0 Å². The number of nitrogens with one attached hydrogen (secondary N) is 2. The molecule has 3 rings (SSSR count). The first-order valence-corrected chi connectivity index (χ1v) is 9.92. The lowest BCUT2D eigenvalue weighted by molar-refractivity contribution is 0.0694. The quantitative estimate of drug-likeness (QED) is 0.335. The van der Waals surface area contributed by atoms with Crippen molar-refractivity contribution in [3.05, 3.63) is 83.7 Å². The fourth-order valence-electron chi connectivity index (χ4n) is 2.53. The molecule has 3 aromatic rings. The number of sulfonamides is 1. The molecule has 0 aliphatic rings. The molecule has 154 valence electrons. The number of carboxylic acids is 1. The second-order valence-corrected chi connectivity index (χ2v) is 7.80. The summed E-state index contributed by atoms with van der Waals surface area (Å²) in [6, 6.07) is 14.1. The summed E-state index contributed by atoms with van der Waals surface area (Å²) in [6.45, 7) is 0. The highest BCUT2D eigenvalue weighted by atomic mass is 32.2. The highest BCUT2D eigenvalue weighted by Gasteiger charge is 2.18. The molecule has 0 bridgehead atoms. The minimum Gasteiger partial charge on any atom is -0.478 e. The van der Waals surface area contributed by atoms with Gasteiger partial charge in [-0.05, 0) is 54.6 Å². The average Bonchev–Trinajstić information content (AvgIpc) is 2.69. The molecule has 0 unspecified atom stereocenters. The van der Waals surface area contributed by atoms with E-state index in [0.29, 0.717) is 5.56 Å². The molecule has 30 heavy (non-hydrogen) atoms. The number of carboxylic acid groups (broad SMARTS) is 1. The predicted molar refractivity (Wildman–Crippen MR) is 108 cm³/mol. The molecule has 0 saturated carbocycles. The molecule has 0 atom stereocenters. The Kier molecular flexibility index (Phi) is 5.70. The molecule has 5 N–H and O–H groups in total. The molecule has 8 nitrogen and oxygen atoms in total. The number of benzene rings is 3. The number of nitrogens with two attached hydrogens (primary N) is 1. The van der Waals surface area contributed by atoms with E-state index in [2.05, 4.69) is 4.72 Å². The predicted octanol–water partition coefficient (Wildman–Crippen LogP) is 3.40. The SMILES string of the molecule is N=C(N)c1cccc(Oc2ccc(NS(=O)(=O)c3ccc(F)cc3)cc2C(=O)O)c1. The van der Waals surface area contributed by atoms with Gasteiger partial charge in [0, 0.05) is 11.3 Å². The maximum Gasteiger partial charge on any atom is 0.339 e. The Labute approximate surface area is 171 Å². The zero-order chi connectivity index (χ0) is 21.9. The topological polar surface area (TPSA) is 143 Å². The summed E-state index contributed by atoms with van der Waals surface area (Å²) < 4.78 is 45.7. The Bertz CT molecular complexity index is 1230. The number of amidine groups is 1. The molecule has 3 aromatic carbocycles. The fourth-order valence-corrected chi connectivity index (χ4v) is 3.58. The minimum absolute atomic E-state index is 0.0124. The van der Waals surface area contributed by atoms with Crippen LogP contribution in [0, 0.1) is 11.2 Å². The molecule has 0 amide bonds. The van der Waals surface area contributed by atoms with Gasteiger partial charge in [-0.25, -0.2) is 17.6 Å². The maximum absolute atomic E-state index is 13.0. The van der Waals surface area contributed by atoms with E-state index in [9.17, 15) is 22.7 Å². The monoisotopic (exact) mass is 429 g/mol. The standard InChI is InChI=1S/C20H16FN3O5S/c21-13-4-7-16(8-5-13)30(27,28)24-14-6-9-18(17(11-14)20(25)26)29-15-3-1-2-12(10-15)19(22)23/h1-11,24H,(H3,22,23)(H,25,26). The van der Waals surface area contributed by atoms with Gasteiger partial charge >= 0.3 is 5.97 Å². The van der Waals surface area contributed by atoms with Gasteiger partial charge in [-0.1, -0.05) is 12.1 Å². The summed E-state index contributed by atoms with van der Waals surface area (Å²) in [5.41, 5.74) is 5.53. The second kappa shape index (κ2) is 8.21. The third kappa shape index (κ3) is 4.73. The minimum atomic E-state index is -4.05. The van der Waals surface area contributed by atoms with Crippen LogP contribution >= 0.6 is 0 Å². The van der Waals surface area contributed by atoms with Gasteiger partial charge in [0.1, 0.15) is 28.7 Å². The molecule has 0 spiro atoms. The summed E-state index contributed by atoms with van der Waals surface area (Å²) in [5, 5.41) is 17.0. The van der Waals surface area contributed by atoms with Crippen LogP contribution in [0.1, 0.15) is 15.9 Å². The molecule has 0 radical (unpaired) electrons. The third-order valence-corrected chi connectivity index (χ3v) is 5.36. The molecule has 0 aliphatic heterocycles. The van der Waals surface area contributed by atoms with Crippen molar-refractivity contribution in [2.45, 2.75) is 4.90 Å². The average molecular weight is 429 g/mol. The first kappa shape index (κ1) is 20.8. The smallest absolute Gasteiger partial charge is 0.339 e. The number of aromatic carboxylic acids is 1. The highest BCUT2D eigenvalue weighted by Crippen LogP contribution is 2.29. The van der Waals surface area contributed by atoms with Gasteiger partial charge in [-0.15, -0.1) is 0 Å². The number of hydrogen-bond acceptors (Lipinski definition) is 5. The third-order valence-electron chi connectivity index (χ3n) is 3.96. The van der Waals surface area contributed by atoms with Crippen LogP contribution in [0.2, 0.25) is 0 Å². The summed E-state index contributed by atoms with van der Waals surface area (Å²) in [7, 11) is -4.05. The van der Waals surface area contributed by atoms with Crippen molar-refractivity contribution >= 4 is 27.5 Å². The van der Waals surface area contributed by atoms with Gasteiger partial charge in [0.15, 0.2) is 0 Å². The molecule has 10 heteroatoms. The molecular weight excluding hydrogens is 413 g/mol. The van der Waals surface area contributed by atoms with Crippen molar-refractivity contribution in [3.63, 3.8) is 0 Å². The van der Waals surface area contributed by atoms with E-state index in [-0.39, 0.29) is 33.5 Å². The fraction of sp³-hybridized carbons (Fsp3) is 0. The summed E-state index contributed by atoms with van der Waals surface area (Å²) in [6.07, 6.45) is 0. The van der Waals surface area contributed by atoms with Gasteiger partial charge < -0.3 is 15.6 Å². The Balaban J connectivity index is 1.90. The largest absolute Gasteiger partial charge is 0.478 e. The maximum atomic E-state index is 13.0. The van der Waals surface area contributed by atoms with E-state index in [0.717, 1.165) is 30.3 Å². The van der Waals surface area contributed by atoms with Crippen LogP contribution in [-0.4, -0.2) is 25.3 Å². The van der Waals surface area contributed by atoms with E-state index in [1.54, 1.807) is 18.2 Å². The molecule has 0 aromatic heterocycles. The summed E-state index contributed by atoms with van der Waals surface area (Å²) in [4.78, 5) is 11.5. The summed E-state index contributed by atoms with van der Waals surface area (Å²) >= 11 is 0. The molecule has 0 heterocycles. The van der Waals surface area contributed by atoms with E-state index >= 15 is 0 Å². The number of carbonyl (C=O) groups is 1. The van der Waals surface area contributed by atoms with Crippen molar-refractivity contribution < 1.29 is 27.4 Å². The van der Waals surface area contributed by atoms with Crippen molar-refractivity contribution in [1.82, 2.24) is 0 Å². The van der Waals surface area contributed by atoms with Gasteiger partial charge in [0.25, 0.3) is 10.0 Å². The first-order valence-electron chi connectivity index (χ1n) is 8.44. The van der Waals surface area contributed by atoms with E-state index in [1.165, 1.54) is 18.2 Å². The van der Waals surface area contributed by atoms with Crippen molar-refractivity contribution in [2.75, 3.05) is 4.72 Å².